The average Bonchev–Trinajstić information content (AvgIpc) is 3.08. The van der Waals surface area contributed by atoms with E-state index in [1.807, 2.05) is 0 Å². The highest BCUT2D eigenvalue weighted by molar-refractivity contribution is 7.86. The molecule has 4 rings (SSSR count). The number of rotatable bonds is 5. The number of anilines is 1. The van der Waals surface area contributed by atoms with Gasteiger partial charge in [0.1, 0.15) is 28.3 Å². The van der Waals surface area contributed by atoms with Gasteiger partial charge in [0.25, 0.3) is 0 Å². The third-order valence-corrected chi connectivity index (χ3v) is 6.36. The summed E-state index contributed by atoms with van der Waals surface area (Å²) in [5.41, 5.74) is -0.324. The molecule has 8 heteroatoms. The summed E-state index contributed by atoms with van der Waals surface area (Å²) in [4.78, 5) is 0.566. The molecule has 3 aromatic carbocycles. The molecular weight excluding hydrogens is 415 g/mol. The monoisotopic (exact) mass is 433 g/mol. The first-order valence-corrected chi connectivity index (χ1v) is 10.3. The van der Waals surface area contributed by atoms with E-state index in [9.17, 15) is 17.4 Å². The minimum absolute atomic E-state index is 0.509. The van der Waals surface area contributed by atoms with Crippen LogP contribution in [0.2, 0.25) is 0 Å². The number of para-hydroxylation sites is 1. The van der Waals surface area contributed by atoms with E-state index in [0.717, 1.165) is 12.1 Å². The maximum atomic E-state index is 13.1. The number of alkyl halides is 3. The molecule has 1 unspecified atom stereocenters. The summed E-state index contributed by atoms with van der Waals surface area (Å²) in [7, 11) is 0.0559. The van der Waals surface area contributed by atoms with Crippen LogP contribution in [-0.4, -0.2) is 16.8 Å². The highest BCUT2D eigenvalue weighted by Crippen LogP contribution is 2.39. The van der Waals surface area contributed by atoms with E-state index >= 15 is 0 Å². The van der Waals surface area contributed by atoms with Crippen molar-refractivity contribution in [3.63, 3.8) is 0 Å². The van der Waals surface area contributed by atoms with Crippen LogP contribution in [0.1, 0.15) is 17.2 Å². The van der Waals surface area contributed by atoms with Crippen molar-refractivity contribution in [1.29, 1.82) is 0 Å². The summed E-state index contributed by atoms with van der Waals surface area (Å²) >= 11 is 0. The fraction of sp³-hybridized carbons (Fsp3) is 0.182. The molecule has 1 aliphatic heterocycles. The number of ether oxygens (including phenoxy) is 2. The van der Waals surface area contributed by atoms with Gasteiger partial charge in [-0.3, -0.25) is 4.21 Å². The molecule has 4 nitrogen and oxygen atoms in total. The van der Waals surface area contributed by atoms with Gasteiger partial charge >= 0.3 is 6.18 Å². The summed E-state index contributed by atoms with van der Waals surface area (Å²) in [6.07, 6.45) is -4.43. The lowest BCUT2D eigenvalue weighted by atomic mass is 10.0. The molecule has 3 aromatic rings. The van der Waals surface area contributed by atoms with Crippen molar-refractivity contribution in [3.8, 4) is 11.5 Å². The average molecular weight is 433 g/mol. The minimum Gasteiger partial charge on any atom is -0.497 e. The summed E-state index contributed by atoms with van der Waals surface area (Å²) in [6.45, 7) is 0. The first-order valence-electron chi connectivity index (χ1n) is 9.11. The van der Waals surface area contributed by atoms with Gasteiger partial charge in [0.05, 0.1) is 17.6 Å². The Morgan fingerprint density at radius 1 is 1.00 bits per heavy atom. The van der Waals surface area contributed by atoms with E-state index in [-0.39, 0.29) is 0 Å². The molecule has 0 radical (unpaired) electrons. The van der Waals surface area contributed by atoms with Crippen molar-refractivity contribution in [2.24, 2.45) is 0 Å². The van der Waals surface area contributed by atoms with Crippen LogP contribution in [0.25, 0.3) is 0 Å². The molecular formula is C22H18F3NO3S. The van der Waals surface area contributed by atoms with E-state index in [1.54, 1.807) is 55.6 Å². The van der Waals surface area contributed by atoms with Crippen LogP contribution >= 0.6 is 0 Å². The van der Waals surface area contributed by atoms with Gasteiger partial charge in [-0.2, -0.15) is 13.2 Å². The molecule has 0 saturated heterocycles. The molecule has 0 amide bonds. The van der Waals surface area contributed by atoms with Crippen molar-refractivity contribution >= 4 is 16.5 Å². The van der Waals surface area contributed by atoms with Crippen molar-refractivity contribution < 1.29 is 26.9 Å². The standard InChI is InChI=1S/C22H18F3NO3S/c1-28-17-12-10-16(11-13-17)26-20(14-6-8-15(9-7-14)22(23,24)25)21-29-18-4-2-3-5-19(18)30(21)27/h2-13,20-21,26H,1H3/t20-,21-,30?/m0/s1. The van der Waals surface area contributed by atoms with Gasteiger partial charge < -0.3 is 14.8 Å². The zero-order valence-electron chi connectivity index (χ0n) is 15.8. The van der Waals surface area contributed by atoms with Gasteiger partial charge in [0.15, 0.2) is 0 Å². The predicted octanol–water partition coefficient (Wildman–Crippen LogP) is 5.39. The van der Waals surface area contributed by atoms with Gasteiger partial charge in [-0.1, -0.05) is 24.3 Å². The SMILES string of the molecule is COc1ccc(N[C@@H](c2ccc(C(F)(F)F)cc2)[C@H]2Oc3ccccc3S2=O)cc1. The van der Waals surface area contributed by atoms with E-state index in [2.05, 4.69) is 5.32 Å². The highest BCUT2D eigenvalue weighted by atomic mass is 32.2. The zero-order valence-corrected chi connectivity index (χ0v) is 16.7. The number of hydrogen-bond acceptors (Lipinski definition) is 4. The van der Waals surface area contributed by atoms with Gasteiger partial charge in [-0.15, -0.1) is 0 Å². The molecule has 1 N–H and O–H groups in total. The Labute approximate surface area is 174 Å². The Morgan fingerprint density at radius 3 is 2.27 bits per heavy atom. The van der Waals surface area contributed by atoms with E-state index < -0.39 is 34.0 Å². The van der Waals surface area contributed by atoms with Gasteiger partial charge in [0, 0.05) is 5.69 Å². The summed E-state index contributed by atoms with van der Waals surface area (Å²) < 4.78 is 63.1. The maximum Gasteiger partial charge on any atom is 0.416 e. The third kappa shape index (κ3) is 4.00. The molecule has 0 spiro atoms. The molecule has 30 heavy (non-hydrogen) atoms. The Hall–Kier alpha value is -3.00. The predicted molar refractivity (Wildman–Crippen MR) is 108 cm³/mol. The fourth-order valence-electron chi connectivity index (χ4n) is 3.25. The molecule has 3 atom stereocenters. The number of methoxy groups -OCH3 is 1. The normalized spacial score (nSPS) is 18.9. The Balaban J connectivity index is 1.69. The van der Waals surface area contributed by atoms with Crippen molar-refractivity contribution in [2.45, 2.75) is 22.5 Å². The highest BCUT2D eigenvalue weighted by Gasteiger charge is 2.39. The molecule has 1 aliphatic rings. The van der Waals surface area contributed by atoms with Gasteiger partial charge in [0.2, 0.25) is 5.44 Å². The lowest BCUT2D eigenvalue weighted by Crippen LogP contribution is -2.31. The molecule has 0 aromatic heterocycles. The fourth-order valence-corrected chi connectivity index (χ4v) is 4.69. The lowest BCUT2D eigenvalue weighted by molar-refractivity contribution is -0.137. The first kappa shape index (κ1) is 20.3. The summed E-state index contributed by atoms with van der Waals surface area (Å²) in [5.74, 6) is 1.18. The molecule has 0 fully saturated rings. The van der Waals surface area contributed by atoms with E-state index in [1.165, 1.54) is 12.1 Å². The lowest BCUT2D eigenvalue weighted by Gasteiger charge is -2.25. The van der Waals surface area contributed by atoms with Crippen molar-refractivity contribution in [3.05, 3.63) is 83.9 Å². The second-order valence-corrected chi connectivity index (χ2v) is 8.20. The number of nitrogens with one attached hydrogen (secondary N) is 1. The van der Waals surface area contributed by atoms with Crippen LogP contribution in [0.5, 0.6) is 11.5 Å². The van der Waals surface area contributed by atoms with Crippen molar-refractivity contribution in [2.75, 3.05) is 12.4 Å². The molecule has 0 aliphatic carbocycles. The van der Waals surface area contributed by atoms with Crippen LogP contribution in [0, 0.1) is 0 Å². The van der Waals surface area contributed by atoms with Gasteiger partial charge in [-0.25, -0.2) is 0 Å². The second kappa shape index (κ2) is 8.02. The maximum absolute atomic E-state index is 13.1. The largest absolute Gasteiger partial charge is 0.497 e. The van der Waals surface area contributed by atoms with Crippen LogP contribution in [0.15, 0.2) is 77.7 Å². The number of hydrogen-bond donors (Lipinski definition) is 1. The van der Waals surface area contributed by atoms with E-state index in [0.29, 0.717) is 27.6 Å². The van der Waals surface area contributed by atoms with Gasteiger partial charge in [-0.05, 0) is 54.1 Å². The smallest absolute Gasteiger partial charge is 0.416 e. The molecule has 0 bridgehead atoms. The number of halogens is 3. The third-order valence-electron chi connectivity index (χ3n) is 4.80. The Bertz CT molecular complexity index is 1050. The van der Waals surface area contributed by atoms with Crippen LogP contribution in [-0.2, 0) is 17.0 Å². The second-order valence-electron chi connectivity index (χ2n) is 6.70. The molecule has 156 valence electrons. The van der Waals surface area contributed by atoms with E-state index in [4.69, 9.17) is 9.47 Å². The quantitative estimate of drug-likeness (QED) is 0.586. The van der Waals surface area contributed by atoms with Crippen LogP contribution in [0.3, 0.4) is 0 Å². The summed E-state index contributed by atoms with van der Waals surface area (Å²) in [5, 5.41) is 3.26. The number of benzene rings is 3. The summed E-state index contributed by atoms with van der Waals surface area (Å²) in [6, 6.07) is 18.2. The number of fused-ring (bicyclic) bond motifs is 1. The van der Waals surface area contributed by atoms with Crippen LogP contribution in [0.4, 0.5) is 18.9 Å². The zero-order chi connectivity index (χ0) is 21.3. The first-order chi connectivity index (χ1) is 14.4. The minimum atomic E-state index is -4.43. The molecule has 1 heterocycles. The topological polar surface area (TPSA) is 47.6 Å². The molecule has 0 saturated carbocycles. The van der Waals surface area contributed by atoms with Crippen LogP contribution < -0.4 is 14.8 Å². The van der Waals surface area contributed by atoms with Crippen molar-refractivity contribution in [1.82, 2.24) is 0 Å². The Kier molecular flexibility index (Phi) is 5.42. The Morgan fingerprint density at radius 2 is 1.67 bits per heavy atom.